The van der Waals surface area contributed by atoms with E-state index in [4.69, 9.17) is 10.2 Å². The second-order valence-electron chi connectivity index (χ2n) is 10.0. The van der Waals surface area contributed by atoms with Gasteiger partial charge in [-0.15, -0.1) is 0 Å². The molecule has 18 heteroatoms. The van der Waals surface area contributed by atoms with Crippen LogP contribution in [0.1, 0.15) is 25.0 Å². The number of halogens is 6. The Morgan fingerprint density at radius 1 is 0.625 bits per heavy atom. The monoisotopic (exact) mass is 690 g/mol. The summed E-state index contributed by atoms with van der Waals surface area (Å²) in [5.74, 6) is -6.30. The summed E-state index contributed by atoms with van der Waals surface area (Å²) in [5.41, 5.74) is -9.06. The number of carboxylic acid groups (broad SMARTS) is 2. The molecular weight excluding hydrogens is 662 g/mol. The number of aliphatic carboxylic acids is 2. The van der Waals surface area contributed by atoms with Crippen molar-refractivity contribution in [2.75, 3.05) is 13.2 Å². The van der Waals surface area contributed by atoms with Crippen LogP contribution in [0.2, 0.25) is 0 Å². The van der Waals surface area contributed by atoms with Crippen LogP contribution in [0.3, 0.4) is 0 Å². The predicted octanol–water partition coefficient (Wildman–Crippen LogP) is 4.08. The highest BCUT2D eigenvalue weighted by Gasteiger charge is 2.64. The van der Waals surface area contributed by atoms with Crippen LogP contribution in [0.15, 0.2) is 60.9 Å². The highest BCUT2D eigenvalue weighted by molar-refractivity contribution is 5.94. The highest BCUT2D eigenvalue weighted by Crippen LogP contribution is 2.45. The number of esters is 2. The molecule has 2 atom stereocenters. The van der Waals surface area contributed by atoms with E-state index < -0.39 is 71.6 Å². The number of hydrogen-bond donors (Lipinski definition) is 4. The molecule has 4 N–H and O–H groups in total. The average molecular weight is 691 g/mol. The first-order valence-corrected chi connectivity index (χ1v) is 13.8. The van der Waals surface area contributed by atoms with Crippen LogP contribution in [-0.2, 0) is 52.9 Å². The Morgan fingerprint density at radius 3 is 1.21 bits per heavy atom. The number of para-hydroxylation sites is 2. The van der Waals surface area contributed by atoms with Gasteiger partial charge in [0.15, 0.2) is 0 Å². The number of carboxylic acids is 2. The number of rotatable bonds is 10. The lowest BCUT2D eigenvalue weighted by Gasteiger charge is -2.27. The lowest BCUT2D eigenvalue weighted by atomic mass is 9.92. The fourth-order valence-electron chi connectivity index (χ4n) is 4.85. The minimum Gasteiger partial charge on any atom is -0.480 e. The zero-order chi connectivity index (χ0) is 36.2. The van der Waals surface area contributed by atoms with Crippen LogP contribution < -0.4 is 0 Å². The molecule has 0 aliphatic heterocycles. The zero-order valence-electron chi connectivity index (χ0n) is 25.0. The lowest BCUT2D eigenvalue weighted by Crippen LogP contribution is -2.50. The van der Waals surface area contributed by atoms with Gasteiger partial charge >= 0.3 is 36.2 Å². The lowest BCUT2D eigenvalue weighted by molar-refractivity contribution is -0.268. The number of aliphatic hydroxyl groups is 2. The second kappa shape index (κ2) is 13.9. The van der Waals surface area contributed by atoms with E-state index in [1.807, 2.05) is 0 Å². The van der Waals surface area contributed by atoms with Crippen molar-refractivity contribution in [2.45, 2.75) is 50.5 Å². The van der Waals surface area contributed by atoms with Gasteiger partial charge < -0.3 is 39.0 Å². The number of nitrogens with zero attached hydrogens (tertiary/aromatic N) is 2. The number of benzene rings is 2. The number of carbonyl (C=O) groups excluding carboxylic acids is 2. The van der Waals surface area contributed by atoms with E-state index in [-0.39, 0.29) is 35.0 Å². The fraction of sp³-hybridized carbons (Fsp3) is 0.333. The predicted molar refractivity (Wildman–Crippen MR) is 152 cm³/mol. The highest BCUT2D eigenvalue weighted by atomic mass is 19.4. The van der Waals surface area contributed by atoms with Gasteiger partial charge in [-0.25, -0.2) is 9.59 Å². The van der Waals surface area contributed by atoms with Gasteiger partial charge in [-0.3, -0.25) is 9.59 Å². The normalized spacial score (nSPS) is 14.4. The van der Waals surface area contributed by atoms with Gasteiger partial charge in [0, 0.05) is 45.3 Å². The quantitative estimate of drug-likeness (QED) is 0.140. The summed E-state index contributed by atoms with van der Waals surface area (Å²) in [5, 5.41) is 38.0. The van der Waals surface area contributed by atoms with Crippen LogP contribution in [0, 0.1) is 0 Å². The molecule has 0 saturated heterocycles. The SMILES string of the molecule is CCOC(=O)C(O)(c1cn(CC(=O)O)c2ccccc12)C(F)(F)F.CCOC(=O)C(O)(c1cn(CC(=O)O)c2ccccc12)C(F)(F)F. The van der Waals surface area contributed by atoms with Crippen molar-refractivity contribution in [3.05, 3.63) is 72.1 Å². The molecule has 2 aromatic heterocycles. The van der Waals surface area contributed by atoms with Crippen LogP contribution >= 0.6 is 0 Å². The van der Waals surface area contributed by atoms with E-state index >= 15 is 0 Å². The molecule has 0 spiro atoms. The molecule has 0 radical (unpaired) electrons. The van der Waals surface area contributed by atoms with Crippen molar-refractivity contribution in [1.82, 2.24) is 9.13 Å². The molecule has 0 bridgehead atoms. The summed E-state index contributed by atoms with van der Waals surface area (Å²) in [7, 11) is 0. The van der Waals surface area contributed by atoms with Crippen molar-refractivity contribution >= 4 is 45.7 Å². The van der Waals surface area contributed by atoms with Gasteiger partial charge in [-0.05, 0) is 26.0 Å². The Kier molecular flexibility index (Phi) is 10.9. The summed E-state index contributed by atoms with van der Waals surface area (Å²) in [6.07, 6.45) is -9.08. The van der Waals surface area contributed by atoms with E-state index in [9.17, 15) is 55.7 Å². The molecule has 2 heterocycles. The smallest absolute Gasteiger partial charge is 0.432 e. The Hall–Kier alpha value is -5.10. The first-order valence-electron chi connectivity index (χ1n) is 13.8. The van der Waals surface area contributed by atoms with Crippen molar-refractivity contribution in [2.24, 2.45) is 0 Å². The Morgan fingerprint density at radius 2 is 0.938 bits per heavy atom. The van der Waals surface area contributed by atoms with Crippen molar-refractivity contribution < 1.29 is 75.4 Å². The molecule has 4 aromatic rings. The van der Waals surface area contributed by atoms with E-state index in [0.717, 1.165) is 21.5 Å². The van der Waals surface area contributed by atoms with Crippen LogP contribution in [0.4, 0.5) is 26.3 Å². The van der Waals surface area contributed by atoms with Gasteiger partial charge in [-0.2, -0.15) is 26.3 Å². The minimum absolute atomic E-state index is 0.0911. The third-order valence-corrected chi connectivity index (χ3v) is 6.93. The van der Waals surface area contributed by atoms with Crippen LogP contribution in [-0.4, -0.2) is 79.0 Å². The van der Waals surface area contributed by atoms with E-state index in [2.05, 4.69) is 9.47 Å². The number of aromatic nitrogens is 2. The van der Waals surface area contributed by atoms with E-state index in [0.29, 0.717) is 0 Å². The number of fused-ring (bicyclic) bond motifs is 2. The van der Waals surface area contributed by atoms with Gasteiger partial charge in [0.05, 0.1) is 13.2 Å². The Bertz CT molecular complexity index is 1700. The van der Waals surface area contributed by atoms with Crippen molar-refractivity contribution in [1.29, 1.82) is 0 Å². The molecule has 0 amide bonds. The van der Waals surface area contributed by atoms with Crippen LogP contribution in [0.25, 0.3) is 21.8 Å². The molecule has 260 valence electrons. The first-order chi connectivity index (χ1) is 22.2. The maximum absolute atomic E-state index is 13.5. The molecule has 48 heavy (non-hydrogen) atoms. The molecule has 0 fully saturated rings. The van der Waals surface area contributed by atoms with Gasteiger partial charge in [0.2, 0.25) is 0 Å². The third kappa shape index (κ3) is 6.93. The van der Waals surface area contributed by atoms with E-state index in [1.165, 1.54) is 62.4 Å². The summed E-state index contributed by atoms with van der Waals surface area (Å²) in [4.78, 5) is 45.6. The number of ether oxygens (including phenoxy) is 2. The topological polar surface area (TPSA) is 178 Å². The summed E-state index contributed by atoms with van der Waals surface area (Å²) >= 11 is 0. The molecule has 12 nitrogen and oxygen atoms in total. The minimum atomic E-state index is -5.35. The first kappa shape index (κ1) is 37.4. The summed E-state index contributed by atoms with van der Waals surface area (Å²) in [6, 6.07) is 11.1. The number of alkyl halides is 6. The standard InChI is InChI=1S/2C15H14F3NO5/c2*1-2-24-13(22)14(23,15(16,17)18)10-7-19(8-12(20)21)11-6-4-3-5-9(10)11/h2*3-7,23H,2,8H2,1H3,(H,20,21). The second-order valence-corrected chi connectivity index (χ2v) is 10.0. The average Bonchev–Trinajstić information content (AvgIpc) is 3.54. The van der Waals surface area contributed by atoms with E-state index in [1.54, 1.807) is 0 Å². The van der Waals surface area contributed by atoms with Crippen LogP contribution in [0.5, 0.6) is 0 Å². The Balaban J connectivity index is 0.000000260. The maximum Gasteiger partial charge on any atom is 0.432 e. The molecule has 2 aromatic carbocycles. The zero-order valence-corrected chi connectivity index (χ0v) is 25.0. The largest absolute Gasteiger partial charge is 0.480 e. The van der Waals surface area contributed by atoms with Crippen molar-refractivity contribution in [3.63, 3.8) is 0 Å². The third-order valence-electron chi connectivity index (χ3n) is 6.93. The molecular formula is C30H28F6N2O10. The fourth-order valence-corrected chi connectivity index (χ4v) is 4.85. The molecule has 0 aliphatic carbocycles. The number of carbonyl (C=O) groups is 4. The summed E-state index contributed by atoms with van der Waals surface area (Å²) in [6.45, 7) is 0.648. The molecule has 0 saturated carbocycles. The summed E-state index contributed by atoms with van der Waals surface area (Å²) < 4.78 is 91.7. The van der Waals surface area contributed by atoms with Crippen molar-refractivity contribution in [3.8, 4) is 0 Å². The van der Waals surface area contributed by atoms with Gasteiger partial charge in [0.25, 0.3) is 11.2 Å². The Labute approximate surface area is 266 Å². The number of hydrogen-bond acceptors (Lipinski definition) is 8. The molecule has 2 unspecified atom stereocenters. The maximum atomic E-state index is 13.5. The van der Waals surface area contributed by atoms with Gasteiger partial charge in [0.1, 0.15) is 13.1 Å². The molecule has 4 rings (SSSR count). The molecule has 0 aliphatic rings. The van der Waals surface area contributed by atoms with Gasteiger partial charge in [-0.1, -0.05) is 36.4 Å².